The molecule has 1 amide bonds. The topological polar surface area (TPSA) is 84.7 Å². The lowest BCUT2D eigenvalue weighted by Gasteiger charge is -2.41. The van der Waals surface area contributed by atoms with Crippen LogP contribution in [0, 0.1) is 11.3 Å². The number of nitrogens with zero attached hydrogens (tertiary/aromatic N) is 3. The molecular weight excluding hydrogens is 394 g/mol. The van der Waals surface area contributed by atoms with Crippen molar-refractivity contribution in [1.82, 2.24) is 9.88 Å². The predicted octanol–water partition coefficient (Wildman–Crippen LogP) is 4.59. The molecule has 1 saturated carbocycles. The van der Waals surface area contributed by atoms with Crippen LogP contribution in [0.1, 0.15) is 77.7 Å². The Labute approximate surface area is 184 Å². The van der Waals surface area contributed by atoms with E-state index < -0.39 is 5.60 Å². The molecule has 2 bridgehead atoms. The van der Waals surface area contributed by atoms with Gasteiger partial charge in [0, 0.05) is 24.5 Å². The van der Waals surface area contributed by atoms with Crippen molar-refractivity contribution in [2.75, 3.05) is 0 Å². The van der Waals surface area contributed by atoms with Gasteiger partial charge in [-0.1, -0.05) is 0 Å². The molecule has 31 heavy (non-hydrogen) atoms. The average molecular weight is 428 g/mol. The van der Waals surface area contributed by atoms with Crippen molar-refractivity contribution in [3.8, 4) is 11.8 Å². The summed E-state index contributed by atoms with van der Waals surface area (Å²) in [7, 11) is 0. The first kappa shape index (κ1) is 21.9. The minimum atomic E-state index is -0.463. The van der Waals surface area contributed by atoms with Gasteiger partial charge in [0.05, 0.1) is 18.3 Å². The van der Waals surface area contributed by atoms with Gasteiger partial charge in [0.1, 0.15) is 23.0 Å². The number of carbonyl (C=O) groups is 1. The normalized spacial score (nSPS) is 30.5. The first-order chi connectivity index (χ1) is 14.8. The smallest absolute Gasteiger partial charge is 0.410 e. The van der Waals surface area contributed by atoms with E-state index in [0.29, 0.717) is 11.3 Å². The van der Waals surface area contributed by atoms with Crippen LogP contribution in [0.3, 0.4) is 0 Å². The number of hydrogen-bond donors (Lipinski definition) is 0. The summed E-state index contributed by atoms with van der Waals surface area (Å²) in [5, 5.41) is 9.21. The highest BCUT2D eigenvalue weighted by Gasteiger charge is 2.45. The minimum absolute atomic E-state index is 0.111. The number of fused-ring (bicyclic) bond motifs is 2. The van der Waals surface area contributed by atoms with Crippen LogP contribution in [0.25, 0.3) is 0 Å². The van der Waals surface area contributed by atoms with E-state index in [9.17, 15) is 10.1 Å². The number of piperidine rings is 1. The molecule has 1 aliphatic carbocycles. The standard InChI is InChI=1S/C24H33N3O4/c1-24(2,3)31-23(28)27-17-4-5-18(27)13-21(12-17)29-19-6-8-20(9-7-19)30-22-10-11-26-15-16(22)14-25/h10-11,15,17-21H,4-9,12-13H2,1-3H3/t17-,18+,19-,20-,21+. The van der Waals surface area contributed by atoms with Gasteiger partial charge in [0.25, 0.3) is 0 Å². The maximum Gasteiger partial charge on any atom is 0.410 e. The van der Waals surface area contributed by atoms with E-state index >= 15 is 0 Å². The van der Waals surface area contributed by atoms with Gasteiger partial charge >= 0.3 is 6.09 Å². The molecule has 3 heterocycles. The molecule has 2 saturated heterocycles. The van der Waals surface area contributed by atoms with Crippen molar-refractivity contribution in [3.63, 3.8) is 0 Å². The minimum Gasteiger partial charge on any atom is -0.489 e. The second-order valence-electron chi connectivity index (χ2n) is 10.0. The molecule has 0 N–H and O–H groups in total. The molecule has 7 heteroatoms. The maximum absolute atomic E-state index is 12.6. The lowest BCUT2D eigenvalue weighted by Crippen LogP contribution is -2.50. The summed E-state index contributed by atoms with van der Waals surface area (Å²) >= 11 is 0. The Morgan fingerprint density at radius 2 is 1.71 bits per heavy atom. The SMILES string of the molecule is CC(C)(C)OC(=O)N1[C@@H]2CC[C@H]1C[C@@H](O[C@H]1CC[C@H](Oc3ccncc3C#N)CC1)C2. The highest BCUT2D eigenvalue weighted by Crippen LogP contribution is 2.39. The number of nitriles is 1. The molecule has 7 nitrogen and oxygen atoms in total. The molecule has 0 spiro atoms. The van der Waals surface area contributed by atoms with Crippen LogP contribution in [-0.2, 0) is 9.47 Å². The summed E-state index contributed by atoms with van der Waals surface area (Å²) in [6, 6.07) is 4.36. The van der Waals surface area contributed by atoms with Gasteiger partial charge in [-0.15, -0.1) is 0 Å². The van der Waals surface area contributed by atoms with Crippen molar-refractivity contribution < 1.29 is 19.0 Å². The number of pyridine rings is 1. The molecule has 168 valence electrons. The van der Waals surface area contributed by atoms with Gasteiger partial charge in [-0.25, -0.2) is 4.79 Å². The van der Waals surface area contributed by atoms with Crippen molar-refractivity contribution in [1.29, 1.82) is 5.26 Å². The van der Waals surface area contributed by atoms with E-state index in [1.54, 1.807) is 18.5 Å². The molecule has 4 rings (SSSR count). The van der Waals surface area contributed by atoms with Crippen LogP contribution in [0.4, 0.5) is 4.79 Å². The average Bonchev–Trinajstić information content (AvgIpc) is 3.00. The van der Waals surface area contributed by atoms with Gasteiger partial charge in [-0.05, 0) is 78.2 Å². The van der Waals surface area contributed by atoms with Crippen LogP contribution in [-0.4, -0.2) is 52.0 Å². The van der Waals surface area contributed by atoms with E-state index in [0.717, 1.165) is 51.4 Å². The fourth-order valence-corrected chi connectivity index (χ4v) is 5.16. The number of aromatic nitrogens is 1. The number of carbonyl (C=O) groups excluding carboxylic acids is 1. The molecule has 0 unspecified atom stereocenters. The highest BCUT2D eigenvalue weighted by molar-refractivity contribution is 5.69. The van der Waals surface area contributed by atoms with Crippen LogP contribution < -0.4 is 4.74 Å². The van der Waals surface area contributed by atoms with Gasteiger partial charge in [-0.2, -0.15) is 5.26 Å². The van der Waals surface area contributed by atoms with Gasteiger partial charge in [0.15, 0.2) is 0 Å². The third-order valence-electron chi connectivity index (χ3n) is 6.50. The quantitative estimate of drug-likeness (QED) is 0.699. The summed E-state index contributed by atoms with van der Waals surface area (Å²) in [5.74, 6) is 0.618. The molecule has 1 aromatic rings. The van der Waals surface area contributed by atoms with Crippen LogP contribution in [0.5, 0.6) is 5.75 Å². The zero-order valence-electron chi connectivity index (χ0n) is 18.8. The first-order valence-corrected chi connectivity index (χ1v) is 11.5. The third-order valence-corrected chi connectivity index (χ3v) is 6.50. The monoisotopic (exact) mass is 427 g/mol. The van der Waals surface area contributed by atoms with E-state index in [2.05, 4.69) is 11.1 Å². The summed E-state index contributed by atoms with van der Waals surface area (Å²) in [4.78, 5) is 18.6. The Morgan fingerprint density at radius 3 is 2.32 bits per heavy atom. The predicted molar refractivity (Wildman–Crippen MR) is 115 cm³/mol. The number of rotatable bonds is 4. The molecule has 2 aliphatic heterocycles. The molecule has 3 atom stereocenters. The van der Waals surface area contributed by atoms with E-state index in [4.69, 9.17) is 14.2 Å². The Balaban J connectivity index is 1.25. The molecule has 3 aliphatic rings. The van der Waals surface area contributed by atoms with Crippen molar-refractivity contribution >= 4 is 6.09 Å². The molecule has 0 radical (unpaired) electrons. The second-order valence-corrected chi connectivity index (χ2v) is 10.0. The van der Waals surface area contributed by atoms with Crippen LogP contribution >= 0.6 is 0 Å². The maximum atomic E-state index is 12.6. The van der Waals surface area contributed by atoms with Crippen LogP contribution in [0.2, 0.25) is 0 Å². The van der Waals surface area contributed by atoms with E-state index in [1.165, 1.54) is 0 Å². The number of ether oxygens (including phenoxy) is 3. The molecule has 0 aromatic carbocycles. The van der Waals surface area contributed by atoms with E-state index in [-0.39, 0.29) is 36.5 Å². The fraction of sp³-hybridized carbons (Fsp3) is 0.708. The summed E-state index contributed by atoms with van der Waals surface area (Å²) in [6.45, 7) is 5.75. The Kier molecular flexibility index (Phi) is 6.38. The lowest BCUT2D eigenvalue weighted by atomic mass is 9.93. The van der Waals surface area contributed by atoms with Crippen molar-refractivity contribution in [2.24, 2.45) is 0 Å². The Hall–Kier alpha value is -2.33. The molecular formula is C24H33N3O4. The van der Waals surface area contributed by atoms with Gasteiger partial charge < -0.3 is 19.1 Å². The Bertz CT molecular complexity index is 809. The Morgan fingerprint density at radius 1 is 1.06 bits per heavy atom. The zero-order chi connectivity index (χ0) is 22.0. The van der Waals surface area contributed by atoms with E-state index in [1.807, 2.05) is 25.7 Å². The zero-order valence-corrected chi connectivity index (χ0v) is 18.8. The van der Waals surface area contributed by atoms with Crippen LogP contribution in [0.15, 0.2) is 18.5 Å². The third kappa shape index (κ3) is 5.30. The van der Waals surface area contributed by atoms with Gasteiger partial charge in [-0.3, -0.25) is 4.98 Å². The molecule has 3 fully saturated rings. The summed E-state index contributed by atoms with van der Waals surface area (Å²) < 4.78 is 18.2. The summed E-state index contributed by atoms with van der Waals surface area (Å²) in [6.07, 6.45) is 11.2. The van der Waals surface area contributed by atoms with Crippen molar-refractivity contribution in [3.05, 3.63) is 24.0 Å². The highest BCUT2D eigenvalue weighted by atomic mass is 16.6. The lowest BCUT2D eigenvalue weighted by molar-refractivity contribution is -0.0813. The van der Waals surface area contributed by atoms with Gasteiger partial charge in [0.2, 0.25) is 0 Å². The first-order valence-electron chi connectivity index (χ1n) is 11.5. The summed E-state index contributed by atoms with van der Waals surface area (Å²) in [5.41, 5.74) is 0.0163. The fourth-order valence-electron chi connectivity index (χ4n) is 5.16. The number of amides is 1. The number of hydrogen-bond acceptors (Lipinski definition) is 6. The van der Waals surface area contributed by atoms with Crippen molar-refractivity contribution in [2.45, 2.75) is 108 Å². The second kappa shape index (κ2) is 9.04. The molecule has 1 aromatic heterocycles. The largest absolute Gasteiger partial charge is 0.489 e.